The van der Waals surface area contributed by atoms with Gasteiger partial charge in [-0.05, 0) is 24.3 Å². The quantitative estimate of drug-likeness (QED) is 0.597. The van der Waals surface area contributed by atoms with Crippen LogP contribution < -0.4 is 9.04 Å². The summed E-state index contributed by atoms with van der Waals surface area (Å²) in [6.07, 6.45) is -1.31. The zero-order valence-corrected chi connectivity index (χ0v) is 14.1. The molecule has 2 aromatic carbocycles. The van der Waals surface area contributed by atoms with Gasteiger partial charge in [0.1, 0.15) is 10.6 Å². The fourth-order valence-electron chi connectivity index (χ4n) is 2.51. The number of hydrogen-bond acceptors (Lipinski definition) is 5. The molecule has 1 aliphatic rings. The van der Waals surface area contributed by atoms with E-state index in [1.54, 1.807) is 6.07 Å². The molecule has 138 valence electrons. The minimum atomic E-state index is -4.66. The van der Waals surface area contributed by atoms with Crippen LogP contribution in [0.3, 0.4) is 0 Å². The molecule has 0 saturated carbocycles. The lowest BCUT2D eigenvalue weighted by atomic mass is 10.2. The van der Waals surface area contributed by atoms with Crippen LogP contribution in [0.1, 0.15) is 0 Å². The van der Waals surface area contributed by atoms with E-state index >= 15 is 0 Å². The van der Waals surface area contributed by atoms with E-state index in [9.17, 15) is 26.4 Å². The Hall–Kier alpha value is -2.75. The predicted molar refractivity (Wildman–Crippen MR) is 83.7 cm³/mol. The van der Waals surface area contributed by atoms with Gasteiger partial charge in [-0.3, -0.25) is 4.31 Å². The van der Waals surface area contributed by atoms with Gasteiger partial charge in [0.25, 0.3) is 10.0 Å². The number of carbonyl (C=O) groups excluding carboxylic acids is 1. The first-order valence-corrected chi connectivity index (χ1v) is 8.71. The highest BCUT2D eigenvalue weighted by molar-refractivity contribution is 7.92. The average molecular weight is 387 g/mol. The molecule has 2 aromatic rings. The molecular formula is C16H12F3NO5S. The number of ether oxygens (including phenoxy) is 2. The Morgan fingerprint density at radius 2 is 1.85 bits per heavy atom. The minimum Gasteiger partial charge on any atom is -0.475 e. The normalized spacial score (nSPS) is 16.6. The number of rotatable bonds is 3. The number of esters is 1. The van der Waals surface area contributed by atoms with Crippen LogP contribution in [0.25, 0.3) is 0 Å². The molecule has 6 nitrogen and oxygen atoms in total. The molecular weight excluding hydrogens is 375 g/mol. The van der Waals surface area contributed by atoms with Gasteiger partial charge < -0.3 is 9.47 Å². The highest BCUT2D eigenvalue weighted by Crippen LogP contribution is 2.37. The van der Waals surface area contributed by atoms with Gasteiger partial charge in [-0.2, -0.15) is 0 Å². The molecule has 26 heavy (non-hydrogen) atoms. The highest BCUT2D eigenvalue weighted by Gasteiger charge is 2.39. The van der Waals surface area contributed by atoms with Crippen LogP contribution >= 0.6 is 0 Å². The number of fused-ring (bicyclic) bond motifs is 1. The van der Waals surface area contributed by atoms with Crippen molar-refractivity contribution in [2.75, 3.05) is 18.0 Å². The van der Waals surface area contributed by atoms with E-state index in [0.29, 0.717) is 16.4 Å². The molecule has 0 aliphatic carbocycles. The van der Waals surface area contributed by atoms with Crippen molar-refractivity contribution < 1.29 is 35.9 Å². The Bertz CT molecular complexity index is 980. The van der Waals surface area contributed by atoms with Gasteiger partial charge in [-0.15, -0.1) is 0 Å². The van der Waals surface area contributed by atoms with Gasteiger partial charge >= 0.3 is 5.97 Å². The summed E-state index contributed by atoms with van der Waals surface area (Å²) in [7, 11) is -3.56. The predicted octanol–water partition coefficient (Wildman–Crippen LogP) is 2.23. The van der Waals surface area contributed by atoms with E-state index in [-0.39, 0.29) is 11.4 Å². The maximum atomic E-state index is 14.1. The second-order valence-electron chi connectivity index (χ2n) is 5.31. The summed E-state index contributed by atoms with van der Waals surface area (Å²) in [6.45, 7) is -0.523. The number of anilines is 1. The van der Waals surface area contributed by atoms with Crippen molar-refractivity contribution >= 4 is 21.7 Å². The first-order valence-electron chi connectivity index (χ1n) is 7.27. The molecule has 0 fully saturated rings. The number of halogens is 3. The number of methoxy groups -OCH3 is 1. The van der Waals surface area contributed by atoms with Gasteiger partial charge in [0.2, 0.25) is 6.10 Å². The van der Waals surface area contributed by atoms with Crippen LogP contribution in [0, 0.1) is 17.5 Å². The van der Waals surface area contributed by atoms with E-state index in [1.807, 2.05) is 0 Å². The molecule has 0 amide bonds. The second-order valence-corrected chi connectivity index (χ2v) is 7.14. The number of nitrogens with zero attached hydrogens (tertiary/aromatic N) is 1. The van der Waals surface area contributed by atoms with E-state index in [0.717, 1.165) is 7.11 Å². The fourth-order valence-corrected chi connectivity index (χ4v) is 4.05. The molecule has 0 aromatic heterocycles. The Labute approximate surface area is 146 Å². The van der Waals surface area contributed by atoms with Crippen LogP contribution in [0.2, 0.25) is 0 Å². The van der Waals surface area contributed by atoms with Crippen LogP contribution in [0.4, 0.5) is 18.9 Å². The number of hydrogen-bond donors (Lipinski definition) is 0. The fraction of sp³-hybridized carbons (Fsp3) is 0.188. The van der Waals surface area contributed by atoms with Crippen LogP contribution in [-0.2, 0) is 19.6 Å². The van der Waals surface area contributed by atoms with Crippen LogP contribution in [-0.4, -0.2) is 34.1 Å². The summed E-state index contributed by atoms with van der Waals surface area (Å²) in [4.78, 5) is 10.7. The Morgan fingerprint density at radius 3 is 2.54 bits per heavy atom. The van der Waals surface area contributed by atoms with Gasteiger partial charge in [0.05, 0.1) is 19.3 Å². The van der Waals surface area contributed by atoms with Crippen LogP contribution in [0.5, 0.6) is 5.75 Å². The third-order valence-corrected chi connectivity index (χ3v) is 5.56. The summed E-state index contributed by atoms with van der Waals surface area (Å²) < 4.78 is 77.1. The Balaban J connectivity index is 2.14. The number of sulfonamides is 1. The average Bonchev–Trinajstić information content (AvgIpc) is 2.64. The molecule has 0 spiro atoms. The summed E-state index contributed by atoms with van der Waals surface area (Å²) in [5, 5.41) is 0. The van der Waals surface area contributed by atoms with Gasteiger partial charge in [0.15, 0.2) is 17.5 Å². The Morgan fingerprint density at radius 1 is 1.15 bits per heavy atom. The minimum absolute atomic E-state index is 0.0248. The summed E-state index contributed by atoms with van der Waals surface area (Å²) in [6, 6.07) is 6.96. The molecule has 3 rings (SSSR count). The van der Waals surface area contributed by atoms with Crippen molar-refractivity contribution in [2.24, 2.45) is 0 Å². The van der Waals surface area contributed by atoms with Crippen molar-refractivity contribution in [1.29, 1.82) is 0 Å². The summed E-state index contributed by atoms with van der Waals surface area (Å²) in [5.41, 5.74) is 0.0248. The topological polar surface area (TPSA) is 72.9 Å². The van der Waals surface area contributed by atoms with Crippen molar-refractivity contribution in [3.63, 3.8) is 0 Å². The maximum Gasteiger partial charge on any atom is 0.348 e. The lowest BCUT2D eigenvalue weighted by Crippen LogP contribution is -2.47. The van der Waals surface area contributed by atoms with Gasteiger partial charge in [-0.1, -0.05) is 12.1 Å². The summed E-state index contributed by atoms with van der Waals surface area (Å²) >= 11 is 0. The van der Waals surface area contributed by atoms with E-state index in [1.165, 1.54) is 18.2 Å². The molecule has 0 unspecified atom stereocenters. The maximum absolute atomic E-state index is 14.1. The Kier molecular flexibility index (Phi) is 4.53. The SMILES string of the molecule is COC(=O)[C@H]1CN(S(=O)(=O)c2ccc(F)c(F)c2F)c2ccccc2O1. The van der Waals surface area contributed by atoms with Crippen molar-refractivity contribution in [2.45, 2.75) is 11.0 Å². The van der Waals surface area contributed by atoms with Gasteiger partial charge in [-0.25, -0.2) is 26.4 Å². The second kappa shape index (κ2) is 6.52. The van der Waals surface area contributed by atoms with Crippen molar-refractivity contribution in [3.8, 4) is 5.75 Å². The highest BCUT2D eigenvalue weighted by atomic mass is 32.2. The largest absolute Gasteiger partial charge is 0.475 e. The molecule has 0 N–H and O–H groups in total. The standard InChI is InChI=1S/C16H12F3NO5S/c1-24-16(21)12-8-20(10-4-2-3-5-11(10)25-12)26(22,23)13-7-6-9(17)14(18)15(13)19/h2-7,12H,8H2,1H3/t12-/m1/s1. The van der Waals surface area contributed by atoms with Crippen molar-refractivity contribution in [1.82, 2.24) is 0 Å². The molecule has 1 atom stereocenters. The first-order chi connectivity index (χ1) is 12.3. The van der Waals surface area contributed by atoms with Crippen LogP contribution in [0.15, 0.2) is 41.3 Å². The third kappa shape index (κ3) is 2.85. The molecule has 1 aliphatic heterocycles. The molecule has 0 saturated heterocycles. The molecule has 1 heterocycles. The zero-order valence-electron chi connectivity index (χ0n) is 13.3. The smallest absolute Gasteiger partial charge is 0.348 e. The zero-order chi connectivity index (χ0) is 19.1. The molecule has 0 radical (unpaired) electrons. The number of benzene rings is 2. The lowest BCUT2D eigenvalue weighted by molar-refractivity contribution is -0.148. The third-order valence-electron chi connectivity index (χ3n) is 3.77. The van der Waals surface area contributed by atoms with E-state index in [4.69, 9.17) is 4.74 Å². The molecule has 0 bridgehead atoms. The summed E-state index contributed by atoms with van der Waals surface area (Å²) in [5.74, 6) is -6.07. The number of carbonyl (C=O) groups is 1. The van der Waals surface area contributed by atoms with Gasteiger partial charge in [0, 0.05) is 0 Å². The van der Waals surface area contributed by atoms with E-state index in [2.05, 4.69) is 4.74 Å². The molecule has 10 heteroatoms. The van der Waals surface area contributed by atoms with E-state index < -0.39 is 51.0 Å². The first kappa shape index (κ1) is 18.1. The monoisotopic (exact) mass is 387 g/mol. The number of para-hydroxylation sites is 2. The van der Waals surface area contributed by atoms with Crippen molar-refractivity contribution in [3.05, 3.63) is 53.8 Å². The lowest BCUT2D eigenvalue weighted by Gasteiger charge is -2.34.